The van der Waals surface area contributed by atoms with Gasteiger partial charge in [0.25, 0.3) is 0 Å². The third-order valence-corrected chi connectivity index (χ3v) is 2.30. The Hall–Kier alpha value is -0.930. The van der Waals surface area contributed by atoms with Crippen LogP contribution in [0.25, 0.3) is 0 Å². The number of aliphatic carboxylic acids is 1. The van der Waals surface area contributed by atoms with E-state index in [2.05, 4.69) is 0 Å². The molecule has 1 aromatic carbocycles. The fourth-order valence-electron chi connectivity index (χ4n) is 0.684. The third kappa shape index (κ3) is 4.01. The minimum absolute atomic E-state index is 0.673. The van der Waals surface area contributed by atoms with Gasteiger partial charge in [-0.15, -0.1) is 0 Å². The first-order valence-electron chi connectivity index (χ1n) is 3.50. The van der Waals surface area contributed by atoms with Crippen LogP contribution in [0.4, 0.5) is 0 Å². The maximum atomic E-state index is 10.1. The molecule has 0 bridgehead atoms. The van der Waals surface area contributed by atoms with Crippen LogP contribution in [-0.4, -0.2) is 11.1 Å². The van der Waals surface area contributed by atoms with Gasteiger partial charge in [-0.2, -0.15) is 0 Å². The van der Waals surface area contributed by atoms with Crippen LogP contribution in [-0.2, 0) is 4.79 Å². The van der Waals surface area contributed by atoms with E-state index in [4.69, 9.17) is 16.7 Å². The summed E-state index contributed by atoms with van der Waals surface area (Å²) < 4.78 is 0. The third-order valence-electron chi connectivity index (χ3n) is 1.23. The molecule has 0 atom stereocenters. The highest BCUT2D eigenvalue weighted by Crippen LogP contribution is 2.20. The second-order valence-corrected chi connectivity index (χ2v) is 3.63. The van der Waals surface area contributed by atoms with E-state index < -0.39 is 5.97 Å². The highest BCUT2D eigenvalue weighted by Gasteiger charge is 1.91. The number of thioether (sulfide) groups is 1. The van der Waals surface area contributed by atoms with Gasteiger partial charge in [0.1, 0.15) is 0 Å². The number of hydrogen-bond acceptors (Lipinski definition) is 2. The highest BCUT2D eigenvalue weighted by atomic mass is 35.5. The van der Waals surface area contributed by atoms with Crippen LogP contribution in [0.2, 0.25) is 5.02 Å². The van der Waals surface area contributed by atoms with Crippen LogP contribution < -0.4 is 0 Å². The molecule has 0 heterocycles. The minimum atomic E-state index is -0.943. The van der Waals surface area contributed by atoms with Gasteiger partial charge in [0.2, 0.25) is 0 Å². The molecule has 0 aromatic heterocycles. The zero-order valence-electron chi connectivity index (χ0n) is 6.61. The fraction of sp³-hybridized carbons (Fsp3) is 0. The molecule has 1 N–H and O–H groups in total. The second kappa shape index (κ2) is 4.94. The van der Waals surface area contributed by atoms with Gasteiger partial charge < -0.3 is 5.11 Å². The van der Waals surface area contributed by atoms with Crippen molar-refractivity contribution in [3.8, 4) is 0 Å². The van der Waals surface area contributed by atoms with Gasteiger partial charge in [0, 0.05) is 16.0 Å². The number of rotatable bonds is 3. The first-order valence-corrected chi connectivity index (χ1v) is 4.76. The van der Waals surface area contributed by atoms with Crippen molar-refractivity contribution in [2.75, 3.05) is 0 Å². The van der Waals surface area contributed by atoms with Crippen LogP contribution in [0, 0.1) is 0 Å². The lowest BCUT2D eigenvalue weighted by Crippen LogP contribution is -1.84. The van der Waals surface area contributed by atoms with Gasteiger partial charge in [-0.1, -0.05) is 23.4 Å². The van der Waals surface area contributed by atoms with Crippen molar-refractivity contribution in [1.29, 1.82) is 0 Å². The molecule has 68 valence electrons. The Kier molecular flexibility index (Phi) is 3.86. The van der Waals surface area contributed by atoms with Gasteiger partial charge >= 0.3 is 5.97 Å². The topological polar surface area (TPSA) is 37.3 Å². The second-order valence-electron chi connectivity index (χ2n) is 2.21. The van der Waals surface area contributed by atoms with Crippen molar-refractivity contribution in [2.45, 2.75) is 4.90 Å². The van der Waals surface area contributed by atoms with Gasteiger partial charge in [-0.3, -0.25) is 0 Å². The minimum Gasteiger partial charge on any atom is -0.478 e. The molecule has 0 amide bonds. The van der Waals surface area contributed by atoms with Crippen LogP contribution in [0.3, 0.4) is 0 Å². The zero-order valence-corrected chi connectivity index (χ0v) is 8.18. The van der Waals surface area contributed by atoms with Crippen molar-refractivity contribution in [3.63, 3.8) is 0 Å². The molecule has 2 nitrogen and oxygen atoms in total. The Bertz CT molecular complexity index is 319. The largest absolute Gasteiger partial charge is 0.478 e. The number of halogens is 1. The van der Waals surface area contributed by atoms with Crippen molar-refractivity contribution in [3.05, 3.63) is 40.8 Å². The lowest BCUT2D eigenvalue weighted by atomic mass is 10.4. The van der Waals surface area contributed by atoms with E-state index in [1.54, 1.807) is 12.1 Å². The summed E-state index contributed by atoms with van der Waals surface area (Å²) in [6, 6.07) is 7.19. The summed E-state index contributed by atoms with van der Waals surface area (Å²) >= 11 is 7.01. The van der Waals surface area contributed by atoms with Crippen molar-refractivity contribution in [1.82, 2.24) is 0 Å². The van der Waals surface area contributed by atoms with Crippen LogP contribution in [0.5, 0.6) is 0 Å². The summed E-state index contributed by atoms with van der Waals surface area (Å²) in [5.41, 5.74) is 0. The molecule has 1 aromatic rings. The lowest BCUT2D eigenvalue weighted by Gasteiger charge is -1.94. The molecule has 13 heavy (non-hydrogen) atoms. The predicted octanol–water partition coefficient (Wildman–Crippen LogP) is 3.03. The number of carboxylic acid groups (broad SMARTS) is 1. The predicted molar refractivity (Wildman–Crippen MR) is 54.1 cm³/mol. The van der Waals surface area contributed by atoms with E-state index in [9.17, 15) is 4.79 Å². The quantitative estimate of drug-likeness (QED) is 0.621. The van der Waals surface area contributed by atoms with E-state index >= 15 is 0 Å². The molecular formula is C9H7ClO2S. The van der Waals surface area contributed by atoms with E-state index in [0.717, 1.165) is 11.0 Å². The van der Waals surface area contributed by atoms with E-state index in [-0.39, 0.29) is 0 Å². The lowest BCUT2D eigenvalue weighted by molar-refractivity contribution is -0.131. The molecule has 4 heteroatoms. The van der Waals surface area contributed by atoms with Crippen LogP contribution >= 0.6 is 23.4 Å². The molecule has 0 saturated carbocycles. The smallest absolute Gasteiger partial charge is 0.328 e. The van der Waals surface area contributed by atoms with Crippen LogP contribution in [0.15, 0.2) is 40.6 Å². The highest BCUT2D eigenvalue weighted by molar-refractivity contribution is 8.02. The number of carbonyl (C=O) groups is 1. The average molecular weight is 215 g/mol. The van der Waals surface area contributed by atoms with Crippen molar-refractivity contribution >= 4 is 29.3 Å². The molecule has 0 unspecified atom stereocenters. The molecule has 0 spiro atoms. The molecule has 0 saturated heterocycles. The van der Waals surface area contributed by atoms with Crippen LogP contribution in [0.1, 0.15) is 0 Å². The van der Waals surface area contributed by atoms with Crippen molar-refractivity contribution < 1.29 is 9.90 Å². The first-order chi connectivity index (χ1) is 6.18. The maximum Gasteiger partial charge on any atom is 0.328 e. The van der Waals surface area contributed by atoms with Gasteiger partial charge in [-0.05, 0) is 29.7 Å². The Morgan fingerprint density at radius 3 is 2.54 bits per heavy atom. The standard InChI is InChI=1S/C9H7ClO2S/c10-7-1-3-8(4-2-7)13-6-5-9(11)12/h1-6H,(H,11,12). The Balaban J connectivity index is 2.55. The first kappa shape index (κ1) is 10.2. The van der Waals surface area contributed by atoms with Gasteiger partial charge in [0.15, 0.2) is 0 Å². The Labute approximate surface area is 85.2 Å². The SMILES string of the molecule is O=C(O)C=CSc1ccc(Cl)cc1. The number of carboxylic acids is 1. The van der Waals surface area contributed by atoms with Gasteiger partial charge in [0.05, 0.1) is 0 Å². The molecule has 0 aliphatic rings. The number of hydrogen-bond donors (Lipinski definition) is 1. The zero-order chi connectivity index (χ0) is 9.68. The summed E-state index contributed by atoms with van der Waals surface area (Å²) in [5, 5.41) is 10.5. The summed E-state index contributed by atoms with van der Waals surface area (Å²) in [5.74, 6) is -0.943. The Morgan fingerprint density at radius 1 is 1.38 bits per heavy atom. The Morgan fingerprint density at radius 2 is 2.00 bits per heavy atom. The molecule has 0 aliphatic carbocycles. The van der Waals surface area contributed by atoms with E-state index in [1.807, 2.05) is 12.1 Å². The number of benzene rings is 1. The summed E-state index contributed by atoms with van der Waals surface area (Å²) in [6.45, 7) is 0. The molecular weight excluding hydrogens is 208 g/mol. The fourth-order valence-corrected chi connectivity index (χ4v) is 1.44. The van der Waals surface area contributed by atoms with E-state index in [1.165, 1.54) is 17.2 Å². The maximum absolute atomic E-state index is 10.1. The normalized spacial score (nSPS) is 10.5. The molecule has 0 radical (unpaired) electrons. The summed E-state index contributed by atoms with van der Waals surface area (Å²) in [4.78, 5) is 11.1. The molecule has 1 rings (SSSR count). The molecule has 0 fully saturated rings. The summed E-state index contributed by atoms with van der Waals surface area (Å²) in [7, 11) is 0. The average Bonchev–Trinajstić information content (AvgIpc) is 2.08. The summed E-state index contributed by atoms with van der Waals surface area (Å²) in [6.07, 6.45) is 1.10. The van der Waals surface area contributed by atoms with Gasteiger partial charge in [-0.25, -0.2) is 4.79 Å². The molecule has 0 aliphatic heterocycles. The van der Waals surface area contributed by atoms with E-state index in [0.29, 0.717) is 5.02 Å². The monoisotopic (exact) mass is 214 g/mol. The van der Waals surface area contributed by atoms with Crippen molar-refractivity contribution in [2.24, 2.45) is 0 Å².